The molecule has 0 aromatic heterocycles. The zero-order chi connectivity index (χ0) is 15.9. The van der Waals surface area contributed by atoms with E-state index in [1.807, 2.05) is 0 Å². The highest BCUT2D eigenvalue weighted by Crippen LogP contribution is 2.44. The molecule has 3 atom stereocenters. The maximum atomic E-state index is 11.8. The predicted octanol–water partition coefficient (Wildman–Crippen LogP) is 3.21. The van der Waals surface area contributed by atoms with Crippen molar-refractivity contribution in [3.63, 3.8) is 0 Å². The van der Waals surface area contributed by atoms with Crippen molar-refractivity contribution >= 4 is 6.09 Å². The monoisotopic (exact) mass is 311 g/mol. The fourth-order valence-electron chi connectivity index (χ4n) is 4.39. The summed E-state index contributed by atoms with van der Waals surface area (Å²) in [6, 6.07) is -0.216. The number of hydrogen-bond donors (Lipinski definition) is 2. The van der Waals surface area contributed by atoms with Crippen molar-refractivity contribution in [1.82, 2.24) is 4.90 Å². The molecule has 0 spiro atoms. The summed E-state index contributed by atoms with van der Waals surface area (Å²) >= 11 is 0. The van der Waals surface area contributed by atoms with E-state index in [0.29, 0.717) is 11.8 Å². The highest BCUT2D eigenvalue weighted by atomic mass is 16.6. The number of carbonyl (C=O) groups is 1. The summed E-state index contributed by atoms with van der Waals surface area (Å²) in [5.41, 5.74) is -0.855. The summed E-state index contributed by atoms with van der Waals surface area (Å²) in [6.45, 7) is 3.60. The average Bonchev–Trinajstić information content (AvgIpc) is 3.25. The van der Waals surface area contributed by atoms with Crippen molar-refractivity contribution in [1.29, 1.82) is 0 Å². The molecule has 5 heteroatoms. The van der Waals surface area contributed by atoms with Crippen LogP contribution in [0.2, 0.25) is 0 Å². The van der Waals surface area contributed by atoms with Crippen molar-refractivity contribution in [2.45, 2.75) is 89.2 Å². The molecule has 0 aromatic carbocycles. The fraction of sp³-hybridized carbons (Fsp3) is 0.941. The van der Waals surface area contributed by atoms with E-state index in [2.05, 4.69) is 0 Å². The van der Waals surface area contributed by atoms with Gasteiger partial charge in [0.1, 0.15) is 11.8 Å². The van der Waals surface area contributed by atoms with E-state index in [0.717, 1.165) is 19.3 Å². The number of hydrogen-bond acceptors (Lipinski definition) is 3. The molecule has 0 aromatic rings. The van der Waals surface area contributed by atoms with Gasteiger partial charge in [0.15, 0.2) is 0 Å². The molecule has 0 bridgehead atoms. The molecule has 2 N–H and O–H groups in total. The maximum Gasteiger partial charge on any atom is 0.409 e. The standard InChI is InChI=1S/C17H29NO4/c1-17(2)18(16(20)21)13(10-11-6-4-3-5-7-11)15(22-17)14(19)12-8-9-12/h11-15,19H,3-10H2,1-2H3,(H,20,21)/t13-,14+,15+/m0/s1. The Bertz CT molecular complexity index is 415. The first-order valence-electron chi connectivity index (χ1n) is 8.78. The van der Waals surface area contributed by atoms with Gasteiger partial charge in [0.2, 0.25) is 0 Å². The first-order valence-corrected chi connectivity index (χ1v) is 8.78. The molecule has 3 aliphatic rings. The molecule has 5 nitrogen and oxygen atoms in total. The second kappa shape index (κ2) is 6.00. The van der Waals surface area contributed by atoms with E-state index in [4.69, 9.17) is 4.74 Å². The van der Waals surface area contributed by atoms with Gasteiger partial charge in [-0.05, 0) is 44.9 Å². The van der Waals surface area contributed by atoms with Crippen LogP contribution in [0.15, 0.2) is 0 Å². The molecule has 1 heterocycles. The normalized spacial score (nSPS) is 33.9. The Balaban J connectivity index is 1.79. The number of aliphatic hydroxyl groups excluding tert-OH is 1. The van der Waals surface area contributed by atoms with Gasteiger partial charge < -0.3 is 14.9 Å². The van der Waals surface area contributed by atoms with Gasteiger partial charge >= 0.3 is 6.09 Å². The third-order valence-corrected chi connectivity index (χ3v) is 5.66. The molecule has 22 heavy (non-hydrogen) atoms. The number of ether oxygens (including phenoxy) is 1. The lowest BCUT2D eigenvalue weighted by Gasteiger charge is -2.34. The Labute approximate surface area is 132 Å². The van der Waals surface area contributed by atoms with E-state index < -0.39 is 17.9 Å². The third-order valence-electron chi connectivity index (χ3n) is 5.66. The molecule has 0 radical (unpaired) electrons. The SMILES string of the molecule is CC1(C)O[C@@H]([C@H](O)C2CC2)[C@H](CC2CCCCC2)N1C(=O)O. The van der Waals surface area contributed by atoms with Crippen LogP contribution in [-0.4, -0.2) is 45.2 Å². The Kier molecular flexibility index (Phi) is 4.38. The zero-order valence-electron chi connectivity index (χ0n) is 13.7. The number of carboxylic acid groups (broad SMARTS) is 1. The molecule has 0 unspecified atom stereocenters. The predicted molar refractivity (Wildman–Crippen MR) is 82.5 cm³/mol. The molecule has 1 saturated heterocycles. The number of rotatable bonds is 4. The lowest BCUT2D eigenvalue weighted by atomic mass is 9.82. The Hall–Kier alpha value is -0.810. The van der Waals surface area contributed by atoms with Crippen molar-refractivity contribution in [2.24, 2.45) is 11.8 Å². The van der Waals surface area contributed by atoms with Crippen LogP contribution in [0, 0.1) is 11.8 Å². The molecular formula is C17H29NO4. The molecular weight excluding hydrogens is 282 g/mol. The van der Waals surface area contributed by atoms with E-state index in [1.165, 1.54) is 37.0 Å². The minimum absolute atomic E-state index is 0.216. The molecule has 3 fully saturated rings. The number of nitrogens with zero attached hydrogens (tertiary/aromatic N) is 1. The van der Waals surface area contributed by atoms with Gasteiger partial charge in [-0.3, -0.25) is 4.90 Å². The van der Waals surface area contributed by atoms with Crippen LogP contribution in [0.1, 0.15) is 65.2 Å². The number of amides is 1. The molecule has 2 aliphatic carbocycles. The Morgan fingerprint density at radius 1 is 1.23 bits per heavy atom. The quantitative estimate of drug-likeness (QED) is 0.836. The largest absolute Gasteiger partial charge is 0.465 e. The average molecular weight is 311 g/mol. The van der Waals surface area contributed by atoms with Crippen LogP contribution >= 0.6 is 0 Å². The summed E-state index contributed by atoms with van der Waals surface area (Å²) in [6.07, 6.45) is 7.18. The smallest absolute Gasteiger partial charge is 0.409 e. The molecule has 2 saturated carbocycles. The summed E-state index contributed by atoms with van der Waals surface area (Å²) < 4.78 is 6.04. The summed E-state index contributed by atoms with van der Waals surface area (Å²) in [5.74, 6) is 0.857. The van der Waals surface area contributed by atoms with Crippen LogP contribution in [0.3, 0.4) is 0 Å². The van der Waals surface area contributed by atoms with E-state index >= 15 is 0 Å². The summed E-state index contributed by atoms with van der Waals surface area (Å²) in [5, 5.41) is 20.2. The molecule has 126 valence electrons. The van der Waals surface area contributed by atoms with Crippen LogP contribution in [0.4, 0.5) is 4.79 Å². The molecule has 1 aliphatic heterocycles. The minimum atomic E-state index is -0.934. The van der Waals surface area contributed by atoms with Crippen LogP contribution in [0.5, 0.6) is 0 Å². The van der Waals surface area contributed by atoms with Gasteiger partial charge in [0.25, 0.3) is 0 Å². The fourth-order valence-corrected chi connectivity index (χ4v) is 4.39. The van der Waals surface area contributed by atoms with Crippen LogP contribution in [-0.2, 0) is 4.74 Å². The third kappa shape index (κ3) is 3.11. The van der Waals surface area contributed by atoms with E-state index in [9.17, 15) is 15.0 Å². The topological polar surface area (TPSA) is 70.0 Å². The van der Waals surface area contributed by atoms with Crippen LogP contribution < -0.4 is 0 Å². The molecule has 3 rings (SSSR count). The van der Waals surface area contributed by atoms with Crippen molar-refractivity contribution in [3.8, 4) is 0 Å². The van der Waals surface area contributed by atoms with Gasteiger partial charge in [-0.15, -0.1) is 0 Å². The van der Waals surface area contributed by atoms with Crippen LogP contribution in [0.25, 0.3) is 0 Å². The second-order valence-electron chi connectivity index (χ2n) is 7.82. The van der Waals surface area contributed by atoms with Gasteiger partial charge in [-0.2, -0.15) is 0 Å². The summed E-state index contributed by atoms with van der Waals surface area (Å²) in [7, 11) is 0. The lowest BCUT2D eigenvalue weighted by Crippen LogP contribution is -2.49. The maximum absolute atomic E-state index is 11.8. The Morgan fingerprint density at radius 3 is 2.41 bits per heavy atom. The second-order valence-corrected chi connectivity index (χ2v) is 7.82. The summed E-state index contributed by atoms with van der Waals surface area (Å²) in [4.78, 5) is 13.2. The van der Waals surface area contributed by atoms with Crippen molar-refractivity contribution < 1.29 is 19.7 Å². The number of aliphatic hydroxyl groups is 1. The van der Waals surface area contributed by atoms with E-state index in [1.54, 1.807) is 13.8 Å². The van der Waals surface area contributed by atoms with Gasteiger partial charge in [0, 0.05) is 0 Å². The van der Waals surface area contributed by atoms with Gasteiger partial charge in [-0.1, -0.05) is 32.1 Å². The first kappa shape index (κ1) is 16.1. The highest BCUT2D eigenvalue weighted by Gasteiger charge is 2.54. The zero-order valence-corrected chi connectivity index (χ0v) is 13.7. The van der Waals surface area contributed by atoms with Crippen molar-refractivity contribution in [2.75, 3.05) is 0 Å². The van der Waals surface area contributed by atoms with Gasteiger partial charge in [-0.25, -0.2) is 4.79 Å². The van der Waals surface area contributed by atoms with Gasteiger partial charge in [0.05, 0.1) is 12.1 Å². The lowest BCUT2D eigenvalue weighted by molar-refractivity contribution is -0.102. The first-order chi connectivity index (χ1) is 10.4. The Morgan fingerprint density at radius 2 is 1.86 bits per heavy atom. The molecule has 1 amide bonds. The van der Waals surface area contributed by atoms with E-state index in [-0.39, 0.29) is 12.1 Å². The van der Waals surface area contributed by atoms with Crippen molar-refractivity contribution in [3.05, 3.63) is 0 Å². The minimum Gasteiger partial charge on any atom is -0.465 e. The highest BCUT2D eigenvalue weighted by molar-refractivity contribution is 5.67.